The van der Waals surface area contributed by atoms with Crippen LogP contribution >= 0.6 is 11.5 Å². The summed E-state index contributed by atoms with van der Waals surface area (Å²) in [6.45, 7) is 5.68. The van der Waals surface area contributed by atoms with Crippen molar-refractivity contribution < 1.29 is 19.4 Å². The van der Waals surface area contributed by atoms with Crippen molar-refractivity contribution in [3.05, 3.63) is 40.2 Å². The number of aliphatic hydroxyl groups excluding tert-OH is 1. The topological polar surface area (TPSA) is 95.9 Å². The second-order valence-electron chi connectivity index (χ2n) is 8.68. The lowest BCUT2D eigenvalue weighted by Gasteiger charge is -2.37. The number of piperidine rings is 1. The molecule has 3 aliphatic rings. The first kappa shape index (κ1) is 20.5. The van der Waals surface area contributed by atoms with Gasteiger partial charge in [0.1, 0.15) is 13.2 Å². The van der Waals surface area contributed by atoms with E-state index in [-0.39, 0.29) is 23.9 Å². The van der Waals surface area contributed by atoms with Crippen LogP contribution in [0.2, 0.25) is 0 Å². The van der Waals surface area contributed by atoms with E-state index < -0.39 is 0 Å². The van der Waals surface area contributed by atoms with Gasteiger partial charge in [0.15, 0.2) is 5.82 Å². The Morgan fingerprint density at radius 1 is 1.19 bits per heavy atom. The summed E-state index contributed by atoms with van der Waals surface area (Å²) in [5.74, 6) is 0.315. The van der Waals surface area contributed by atoms with Gasteiger partial charge in [-0.1, -0.05) is 6.07 Å². The molecule has 0 unspecified atom stereocenters. The molecule has 0 saturated carbocycles. The Hall–Kier alpha value is -2.36. The molecule has 8 nitrogen and oxygen atoms in total. The average Bonchev–Trinajstić information content (AvgIpc) is 3.48. The number of likely N-dealkylation sites (tertiary alicyclic amines) is 1. The van der Waals surface area contributed by atoms with Gasteiger partial charge >= 0.3 is 5.97 Å². The van der Waals surface area contributed by atoms with E-state index in [0.29, 0.717) is 29.7 Å². The molecule has 1 amide bonds. The van der Waals surface area contributed by atoms with E-state index in [0.717, 1.165) is 56.4 Å². The number of nitrogens with zero attached hydrogens (tertiary/aromatic N) is 4. The maximum atomic E-state index is 13.2. The monoisotopic (exact) mass is 442 g/mol. The number of benzene rings is 1. The number of anilines is 1. The van der Waals surface area contributed by atoms with Gasteiger partial charge in [0.25, 0.3) is 0 Å². The Morgan fingerprint density at radius 2 is 1.97 bits per heavy atom. The highest BCUT2D eigenvalue weighted by molar-refractivity contribution is 7.09. The summed E-state index contributed by atoms with van der Waals surface area (Å²) in [7, 11) is 0. The number of hydrogen-bond donors (Lipinski definition) is 1. The summed E-state index contributed by atoms with van der Waals surface area (Å²) in [5, 5.41) is 9.79. The largest absolute Gasteiger partial charge is 0.457 e. The van der Waals surface area contributed by atoms with Crippen molar-refractivity contribution in [2.45, 2.75) is 45.8 Å². The Kier molecular flexibility index (Phi) is 5.27. The minimum atomic E-state index is -0.289. The van der Waals surface area contributed by atoms with Gasteiger partial charge in [-0.15, -0.1) is 0 Å². The van der Waals surface area contributed by atoms with Crippen LogP contribution in [0.5, 0.6) is 0 Å². The van der Waals surface area contributed by atoms with E-state index in [9.17, 15) is 14.7 Å². The van der Waals surface area contributed by atoms with E-state index in [1.54, 1.807) is 4.90 Å². The number of amides is 1. The molecule has 0 bridgehead atoms. The van der Waals surface area contributed by atoms with Crippen LogP contribution in [0.3, 0.4) is 0 Å². The molecular weight excluding hydrogens is 416 g/mol. The van der Waals surface area contributed by atoms with E-state index in [4.69, 9.17) is 4.74 Å². The standard InChI is InChI=1S/C22H26N4O4S/c1-14-15(2-3-16-17(14)13-30-19(16)28)4-8-25-9-5-22(6-10-25)7-11-26(20(22)29)21-23-18(12-27)24-31-21/h2-3,27H,4-13H2,1H3. The van der Waals surface area contributed by atoms with Gasteiger partial charge in [-0.2, -0.15) is 4.37 Å². The molecule has 2 saturated heterocycles. The van der Waals surface area contributed by atoms with Crippen LogP contribution in [0.1, 0.15) is 52.1 Å². The fourth-order valence-electron chi connectivity index (χ4n) is 5.04. The molecule has 1 aromatic carbocycles. The van der Waals surface area contributed by atoms with Crippen molar-refractivity contribution in [1.29, 1.82) is 0 Å². The predicted molar refractivity (Wildman–Crippen MR) is 115 cm³/mol. The molecule has 0 atom stereocenters. The lowest BCUT2D eigenvalue weighted by Crippen LogP contribution is -2.45. The highest BCUT2D eigenvalue weighted by Crippen LogP contribution is 2.43. The van der Waals surface area contributed by atoms with Crippen molar-refractivity contribution in [2.75, 3.05) is 31.1 Å². The van der Waals surface area contributed by atoms with Crippen LogP contribution in [-0.4, -0.2) is 57.4 Å². The lowest BCUT2D eigenvalue weighted by atomic mass is 9.77. The van der Waals surface area contributed by atoms with Gasteiger partial charge in [0.2, 0.25) is 11.0 Å². The zero-order valence-electron chi connectivity index (χ0n) is 17.6. The Balaban J connectivity index is 1.19. The second-order valence-corrected chi connectivity index (χ2v) is 9.41. The molecule has 0 radical (unpaired) electrons. The van der Waals surface area contributed by atoms with Crippen molar-refractivity contribution in [2.24, 2.45) is 5.41 Å². The van der Waals surface area contributed by atoms with Crippen LogP contribution in [0.4, 0.5) is 5.13 Å². The third-order valence-corrected chi connectivity index (χ3v) is 7.91. The van der Waals surface area contributed by atoms with Crippen LogP contribution in [0.25, 0.3) is 0 Å². The predicted octanol–water partition coefficient (Wildman–Crippen LogP) is 2.07. The summed E-state index contributed by atoms with van der Waals surface area (Å²) in [6.07, 6.45) is 3.50. The summed E-state index contributed by atoms with van der Waals surface area (Å²) in [5.41, 5.74) is 3.86. The zero-order chi connectivity index (χ0) is 21.6. The van der Waals surface area contributed by atoms with Gasteiger partial charge in [-0.25, -0.2) is 9.78 Å². The first-order valence-corrected chi connectivity index (χ1v) is 11.5. The number of esters is 1. The fourth-order valence-corrected chi connectivity index (χ4v) is 5.74. The maximum Gasteiger partial charge on any atom is 0.338 e. The van der Waals surface area contributed by atoms with Gasteiger partial charge in [-0.05, 0) is 62.9 Å². The van der Waals surface area contributed by atoms with Crippen LogP contribution in [0.15, 0.2) is 12.1 Å². The minimum absolute atomic E-state index is 0.159. The number of fused-ring (bicyclic) bond motifs is 1. The van der Waals surface area contributed by atoms with Gasteiger partial charge in [-0.3, -0.25) is 9.69 Å². The SMILES string of the molecule is Cc1c(CCN2CCC3(CC2)CCN(c2nc(CO)ns2)C3=O)ccc2c1COC2=O. The Labute approximate surface area is 185 Å². The van der Waals surface area contributed by atoms with Crippen LogP contribution in [0, 0.1) is 12.3 Å². The molecule has 9 heteroatoms. The van der Waals surface area contributed by atoms with E-state index in [1.807, 2.05) is 12.1 Å². The zero-order valence-corrected chi connectivity index (χ0v) is 18.4. The highest BCUT2D eigenvalue weighted by atomic mass is 32.1. The third-order valence-electron chi connectivity index (χ3n) is 7.13. The second kappa shape index (κ2) is 7.96. The summed E-state index contributed by atoms with van der Waals surface area (Å²) in [6, 6.07) is 3.94. The molecule has 1 spiro atoms. The normalized spacial score (nSPS) is 20.5. The molecule has 4 heterocycles. The van der Waals surface area contributed by atoms with E-state index in [1.165, 1.54) is 17.1 Å². The van der Waals surface area contributed by atoms with Crippen LogP contribution in [-0.2, 0) is 29.2 Å². The highest BCUT2D eigenvalue weighted by Gasteiger charge is 2.49. The third kappa shape index (κ3) is 3.54. The van der Waals surface area contributed by atoms with Crippen molar-refractivity contribution >= 4 is 28.5 Å². The number of carbonyl (C=O) groups is 2. The number of rotatable bonds is 5. The smallest absolute Gasteiger partial charge is 0.338 e. The minimum Gasteiger partial charge on any atom is -0.457 e. The maximum absolute atomic E-state index is 13.2. The first-order valence-electron chi connectivity index (χ1n) is 10.8. The Bertz CT molecular complexity index is 1030. The number of aliphatic hydroxyl groups is 1. The number of hydrogen-bond acceptors (Lipinski definition) is 8. The van der Waals surface area contributed by atoms with Gasteiger partial charge in [0.05, 0.1) is 11.0 Å². The average molecular weight is 443 g/mol. The molecule has 5 rings (SSSR count). The number of aromatic nitrogens is 2. The molecule has 3 aliphatic heterocycles. The van der Waals surface area contributed by atoms with Gasteiger partial charge in [0, 0.05) is 30.2 Å². The quantitative estimate of drug-likeness (QED) is 0.708. The van der Waals surface area contributed by atoms with Crippen molar-refractivity contribution in [3.8, 4) is 0 Å². The summed E-state index contributed by atoms with van der Waals surface area (Å²) in [4.78, 5) is 33.4. The van der Waals surface area contributed by atoms with E-state index in [2.05, 4.69) is 21.2 Å². The molecule has 164 valence electrons. The molecule has 2 fully saturated rings. The summed E-state index contributed by atoms with van der Waals surface area (Å²) >= 11 is 1.18. The number of carbonyl (C=O) groups excluding carboxylic acids is 2. The molecular formula is C22H26N4O4S. The molecule has 31 heavy (non-hydrogen) atoms. The van der Waals surface area contributed by atoms with E-state index >= 15 is 0 Å². The van der Waals surface area contributed by atoms with Gasteiger partial charge < -0.3 is 14.7 Å². The molecule has 2 aromatic rings. The van der Waals surface area contributed by atoms with Crippen LogP contribution < -0.4 is 4.90 Å². The molecule has 1 aromatic heterocycles. The summed E-state index contributed by atoms with van der Waals surface area (Å²) < 4.78 is 9.26. The van der Waals surface area contributed by atoms with Crippen molar-refractivity contribution in [3.63, 3.8) is 0 Å². The molecule has 1 N–H and O–H groups in total. The first-order chi connectivity index (χ1) is 15.0. The number of ether oxygens (including phenoxy) is 1. The Morgan fingerprint density at radius 3 is 2.71 bits per heavy atom. The lowest BCUT2D eigenvalue weighted by molar-refractivity contribution is -0.128. The fraction of sp³-hybridized carbons (Fsp3) is 0.545. The van der Waals surface area contributed by atoms with Crippen molar-refractivity contribution in [1.82, 2.24) is 14.3 Å². The molecule has 0 aliphatic carbocycles. The number of cyclic esters (lactones) is 1.